The van der Waals surface area contributed by atoms with Crippen molar-refractivity contribution >= 4 is 17.4 Å². The maximum Gasteiger partial charge on any atom is 0.223 e. The van der Waals surface area contributed by atoms with E-state index in [2.05, 4.69) is 0 Å². The lowest BCUT2D eigenvalue weighted by molar-refractivity contribution is -0.116. The molecule has 1 heterocycles. The van der Waals surface area contributed by atoms with E-state index < -0.39 is 6.10 Å². The molecular formula is C13H15NO3. The van der Waals surface area contributed by atoms with Crippen molar-refractivity contribution in [1.82, 2.24) is 0 Å². The number of carbonyl (C=O) groups is 2. The normalized spacial score (nSPS) is 15.6. The zero-order valence-electron chi connectivity index (χ0n) is 9.93. The minimum atomic E-state index is -0.988. The van der Waals surface area contributed by atoms with Crippen molar-refractivity contribution in [3.8, 4) is 0 Å². The van der Waals surface area contributed by atoms with E-state index >= 15 is 0 Å². The second-order valence-corrected chi connectivity index (χ2v) is 4.30. The first-order valence-electron chi connectivity index (χ1n) is 5.64. The van der Waals surface area contributed by atoms with E-state index in [1.54, 1.807) is 23.1 Å². The van der Waals surface area contributed by atoms with Gasteiger partial charge in [-0.05, 0) is 37.1 Å². The van der Waals surface area contributed by atoms with Crippen molar-refractivity contribution in [2.24, 2.45) is 0 Å². The molecule has 1 aromatic rings. The number of nitrogens with zero attached hydrogens (tertiary/aromatic N) is 1. The van der Waals surface area contributed by atoms with Crippen LogP contribution in [-0.2, 0) is 11.2 Å². The highest BCUT2D eigenvalue weighted by Crippen LogP contribution is 2.29. The summed E-state index contributed by atoms with van der Waals surface area (Å²) in [6.07, 6.45) is -0.228. The lowest BCUT2D eigenvalue weighted by Gasteiger charge is -2.14. The van der Waals surface area contributed by atoms with Crippen LogP contribution in [0.5, 0.6) is 0 Å². The largest absolute Gasteiger partial charge is 0.385 e. The second kappa shape index (κ2) is 4.30. The fraction of sp³-hybridized carbons (Fsp3) is 0.385. The van der Waals surface area contributed by atoms with E-state index in [9.17, 15) is 14.7 Å². The summed E-state index contributed by atoms with van der Waals surface area (Å²) < 4.78 is 0. The molecule has 1 aromatic carbocycles. The average molecular weight is 233 g/mol. The van der Waals surface area contributed by atoms with Crippen LogP contribution in [-0.4, -0.2) is 29.4 Å². The number of benzene rings is 1. The Bertz CT molecular complexity index is 480. The van der Waals surface area contributed by atoms with Gasteiger partial charge in [-0.15, -0.1) is 0 Å². The molecule has 1 N–H and O–H groups in total. The monoisotopic (exact) mass is 233 g/mol. The standard InChI is InChI=1S/C13H15NO3/c1-8(15)13(17)11-3-4-12-10(7-11)5-6-14(12)9(2)16/h3-4,7-8,15H,5-6H2,1-2H3. The highest BCUT2D eigenvalue weighted by molar-refractivity contribution is 6.01. The van der Waals surface area contributed by atoms with E-state index in [0.717, 1.165) is 17.7 Å². The molecule has 0 saturated carbocycles. The summed E-state index contributed by atoms with van der Waals surface area (Å²) in [7, 11) is 0. The van der Waals surface area contributed by atoms with Gasteiger partial charge in [-0.2, -0.15) is 0 Å². The minimum absolute atomic E-state index is 0.0124. The molecule has 0 aliphatic carbocycles. The molecule has 2 rings (SSSR count). The lowest BCUT2D eigenvalue weighted by Crippen LogP contribution is -2.25. The van der Waals surface area contributed by atoms with Crippen molar-refractivity contribution in [2.45, 2.75) is 26.4 Å². The van der Waals surface area contributed by atoms with Gasteiger partial charge in [-0.1, -0.05) is 0 Å². The van der Waals surface area contributed by atoms with Crippen LogP contribution >= 0.6 is 0 Å². The van der Waals surface area contributed by atoms with Crippen LogP contribution in [0.2, 0.25) is 0 Å². The first kappa shape index (κ1) is 11.8. The molecule has 1 amide bonds. The van der Waals surface area contributed by atoms with Crippen molar-refractivity contribution in [1.29, 1.82) is 0 Å². The molecular weight excluding hydrogens is 218 g/mol. The van der Waals surface area contributed by atoms with Crippen molar-refractivity contribution in [2.75, 3.05) is 11.4 Å². The number of aliphatic hydroxyl groups excluding tert-OH is 1. The summed E-state index contributed by atoms with van der Waals surface area (Å²) in [4.78, 5) is 24.7. The predicted molar refractivity (Wildman–Crippen MR) is 64.2 cm³/mol. The molecule has 1 aliphatic heterocycles. The van der Waals surface area contributed by atoms with E-state index in [1.165, 1.54) is 13.8 Å². The summed E-state index contributed by atoms with van der Waals surface area (Å²) in [5.74, 6) is -0.271. The van der Waals surface area contributed by atoms with Gasteiger partial charge in [0.2, 0.25) is 5.91 Å². The molecule has 1 atom stereocenters. The molecule has 4 nitrogen and oxygen atoms in total. The summed E-state index contributed by atoms with van der Waals surface area (Å²) >= 11 is 0. The topological polar surface area (TPSA) is 57.6 Å². The van der Waals surface area contributed by atoms with Gasteiger partial charge in [-0.25, -0.2) is 0 Å². The summed E-state index contributed by atoms with van der Waals surface area (Å²) in [5.41, 5.74) is 2.37. The number of aliphatic hydroxyl groups is 1. The van der Waals surface area contributed by atoms with E-state index in [1.807, 2.05) is 0 Å². The van der Waals surface area contributed by atoms with E-state index in [0.29, 0.717) is 12.1 Å². The molecule has 90 valence electrons. The third kappa shape index (κ3) is 2.08. The zero-order chi connectivity index (χ0) is 12.6. The number of rotatable bonds is 2. The number of Topliss-reactive ketones (excluding diaryl/α,β-unsaturated/α-hetero) is 1. The Morgan fingerprint density at radius 2 is 2.12 bits per heavy atom. The quantitative estimate of drug-likeness (QED) is 0.780. The fourth-order valence-electron chi connectivity index (χ4n) is 2.12. The number of amides is 1. The predicted octanol–water partition coefficient (Wildman–Crippen LogP) is 1.16. The van der Waals surface area contributed by atoms with Gasteiger partial charge >= 0.3 is 0 Å². The molecule has 0 bridgehead atoms. The third-order valence-corrected chi connectivity index (χ3v) is 3.02. The molecule has 1 aliphatic rings. The van der Waals surface area contributed by atoms with Crippen LogP contribution in [0.3, 0.4) is 0 Å². The second-order valence-electron chi connectivity index (χ2n) is 4.30. The van der Waals surface area contributed by atoms with Crippen molar-refractivity contribution in [3.63, 3.8) is 0 Å². The Morgan fingerprint density at radius 1 is 1.41 bits per heavy atom. The Kier molecular flexibility index (Phi) is 2.98. The highest BCUT2D eigenvalue weighted by Gasteiger charge is 2.23. The highest BCUT2D eigenvalue weighted by atomic mass is 16.3. The Balaban J connectivity index is 2.35. The van der Waals surface area contributed by atoms with Gasteiger partial charge in [0.25, 0.3) is 0 Å². The summed E-state index contributed by atoms with van der Waals surface area (Å²) in [5, 5.41) is 9.25. The van der Waals surface area contributed by atoms with Crippen LogP contribution in [0, 0.1) is 0 Å². The average Bonchev–Trinajstić information content (AvgIpc) is 2.70. The number of hydrogen-bond donors (Lipinski definition) is 1. The molecule has 0 radical (unpaired) electrons. The molecule has 17 heavy (non-hydrogen) atoms. The van der Waals surface area contributed by atoms with Gasteiger partial charge in [0, 0.05) is 24.7 Å². The Labute approximate surface area is 99.9 Å². The number of ketones is 1. The smallest absolute Gasteiger partial charge is 0.223 e. The first-order chi connectivity index (χ1) is 8.00. The van der Waals surface area contributed by atoms with Crippen molar-refractivity contribution < 1.29 is 14.7 Å². The van der Waals surface area contributed by atoms with Crippen LogP contribution in [0.4, 0.5) is 5.69 Å². The zero-order valence-corrected chi connectivity index (χ0v) is 9.93. The SMILES string of the molecule is CC(=O)N1CCc2cc(C(=O)C(C)O)ccc21. The molecule has 0 spiro atoms. The lowest BCUT2D eigenvalue weighted by atomic mass is 10.0. The molecule has 1 unspecified atom stereocenters. The van der Waals surface area contributed by atoms with Crippen molar-refractivity contribution in [3.05, 3.63) is 29.3 Å². The van der Waals surface area contributed by atoms with Crippen LogP contribution in [0.1, 0.15) is 29.8 Å². The molecule has 0 aromatic heterocycles. The van der Waals surface area contributed by atoms with Gasteiger partial charge < -0.3 is 10.0 Å². The van der Waals surface area contributed by atoms with Gasteiger partial charge in [0.1, 0.15) is 6.10 Å². The minimum Gasteiger partial charge on any atom is -0.385 e. The molecule has 0 saturated heterocycles. The number of anilines is 1. The van der Waals surface area contributed by atoms with Gasteiger partial charge in [-0.3, -0.25) is 9.59 Å². The Hall–Kier alpha value is -1.68. The number of hydrogen-bond acceptors (Lipinski definition) is 3. The maximum atomic E-state index is 11.6. The number of fused-ring (bicyclic) bond motifs is 1. The first-order valence-corrected chi connectivity index (χ1v) is 5.64. The fourth-order valence-corrected chi connectivity index (χ4v) is 2.12. The molecule has 0 fully saturated rings. The summed E-state index contributed by atoms with van der Waals surface area (Å²) in [6.45, 7) is 3.65. The van der Waals surface area contributed by atoms with Crippen LogP contribution in [0.15, 0.2) is 18.2 Å². The van der Waals surface area contributed by atoms with Crippen LogP contribution < -0.4 is 4.90 Å². The number of carbonyl (C=O) groups excluding carboxylic acids is 2. The Morgan fingerprint density at radius 3 is 2.71 bits per heavy atom. The van der Waals surface area contributed by atoms with Crippen LogP contribution in [0.25, 0.3) is 0 Å². The van der Waals surface area contributed by atoms with Gasteiger partial charge in [0.05, 0.1) is 0 Å². The third-order valence-electron chi connectivity index (χ3n) is 3.02. The van der Waals surface area contributed by atoms with E-state index in [-0.39, 0.29) is 11.7 Å². The molecule has 4 heteroatoms. The van der Waals surface area contributed by atoms with Gasteiger partial charge in [0.15, 0.2) is 5.78 Å². The summed E-state index contributed by atoms with van der Waals surface area (Å²) in [6, 6.07) is 5.21. The van der Waals surface area contributed by atoms with E-state index in [4.69, 9.17) is 0 Å². The maximum absolute atomic E-state index is 11.6.